The number of nitrogens with one attached hydrogen (secondary N) is 2. The lowest BCUT2D eigenvalue weighted by atomic mass is 9.74. The minimum absolute atomic E-state index is 0.0355. The van der Waals surface area contributed by atoms with Crippen LogP contribution < -0.4 is 15.9 Å². The summed E-state index contributed by atoms with van der Waals surface area (Å²) in [5.74, 6) is -0.583. The van der Waals surface area contributed by atoms with Crippen LogP contribution in [0.15, 0.2) is 66.0 Å². The van der Waals surface area contributed by atoms with Crippen molar-refractivity contribution < 1.29 is 19.7 Å². The molecule has 3 aromatic rings. The lowest BCUT2D eigenvalue weighted by Crippen LogP contribution is -2.67. The van der Waals surface area contributed by atoms with Crippen LogP contribution >= 0.6 is 0 Å². The van der Waals surface area contributed by atoms with Crippen molar-refractivity contribution in [3.63, 3.8) is 0 Å². The molecule has 1 saturated heterocycles. The Kier molecular flexibility index (Phi) is 6.03. The van der Waals surface area contributed by atoms with E-state index in [4.69, 9.17) is 4.74 Å². The number of aliphatic hydroxyl groups excluding tert-OH is 1. The first kappa shape index (κ1) is 22.5. The highest BCUT2D eigenvalue weighted by molar-refractivity contribution is 6.05. The number of aromatic nitrogens is 2. The van der Waals surface area contributed by atoms with E-state index in [1.165, 1.54) is 12.4 Å². The van der Waals surface area contributed by atoms with Gasteiger partial charge in [-0.1, -0.05) is 55.2 Å². The minimum Gasteiger partial charge on any atom is -0.846 e. The van der Waals surface area contributed by atoms with Crippen LogP contribution in [-0.4, -0.2) is 38.8 Å². The van der Waals surface area contributed by atoms with Crippen molar-refractivity contribution in [1.29, 1.82) is 0 Å². The third-order valence-electron chi connectivity index (χ3n) is 6.88. The number of aliphatic hydroxyl groups is 1. The van der Waals surface area contributed by atoms with Crippen molar-refractivity contribution in [2.45, 2.75) is 56.0 Å². The van der Waals surface area contributed by atoms with Gasteiger partial charge in [-0.25, -0.2) is 0 Å². The van der Waals surface area contributed by atoms with Gasteiger partial charge in [0.2, 0.25) is 5.43 Å². The van der Waals surface area contributed by atoms with Crippen molar-refractivity contribution in [3.8, 4) is 11.1 Å². The Labute approximate surface area is 196 Å². The Morgan fingerprint density at radius 1 is 1.21 bits per heavy atom. The molecule has 2 aliphatic rings. The zero-order valence-electron chi connectivity index (χ0n) is 18.6. The summed E-state index contributed by atoms with van der Waals surface area (Å²) in [5, 5.41) is 26.6. The lowest BCUT2D eigenvalue weighted by molar-refractivity contribution is -0.534. The van der Waals surface area contributed by atoms with E-state index < -0.39 is 35.2 Å². The molecular formula is C26H26N3O5-. The van der Waals surface area contributed by atoms with Crippen molar-refractivity contribution in [1.82, 2.24) is 9.97 Å². The third kappa shape index (κ3) is 4.04. The van der Waals surface area contributed by atoms with Gasteiger partial charge in [0.05, 0.1) is 24.1 Å². The number of nitrogens with zero attached hydrogens (tertiary/aromatic N) is 1. The Balaban J connectivity index is 1.41. The molecule has 5 rings (SSSR count). The maximum absolute atomic E-state index is 13.2. The Morgan fingerprint density at radius 2 is 2.03 bits per heavy atom. The van der Waals surface area contributed by atoms with Gasteiger partial charge >= 0.3 is 0 Å². The summed E-state index contributed by atoms with van der Waals surface area (Å²) in [6.45, 7) is 0. The smallest absolute Gasteiger partial charge is 0.261 e. The maximum Gasteiger partial charge on any atom is 0.261 e. The van der Waals surface area contributed by atoms with E-state index >= 15 is 0 Å². The number of pyridine rings is 2. The molecule has 0 unspecified atom stereocenters. The average molecular weight is 461 g/mol. The van der Waals surface area contributed by atoms with Gasteiger partial charge in [0, 0.05) is 42.2 Å². The lowest BCUT2D eigenvalue weighted by Gasteiger charge is -2.57. The van der Waals surface area contributed by atoms with Crippen molar-refractivity contribution in [3.05, 3.63) is 82.5 Å². The Morgan fingerprint density at radius 3 is 2.85 bits per heavy atom. The number of anilines is 1. The first-order chi connectivity index (χ1) is 16.5. The number of carbonyl (C=O) groups is 1. The summed E-state index contributed by atoms with van der Waals surface area (Å²) in [6, 6.07) is 10.8. The fourth-order valence-corrected chi connectivity index (χ4v) is 5.02. The number of fused-ring (bicyclic) bond motifs is 1. The summed E-state index contributed by atoms with van der Waals surface area (Å²) in [7, 11) is 0. The predicted octanol–water partition coefficient (Wildman–Crippen LogP) is 2.55. The second kappa shape index (κ2) is 9.13. The fraction of sp³-hybridized carbons (Fsp3) is 0.346. The Bertz CT molecular complexity index is 1240. The number of benzene rings is 1. The zero-order chi connectivity index (χ0) is 23.7. The topological polar surface area (TPSA) is 127 Å². The molecule has 0 spiro atoms. The summed E-state index contributed by atoms with van der Waals surface area (Å²) < 4.78 is 6.16. The number of H-pyrrole nitrogens is 1. The van der Waals surface area contributed by atoms with Gasteiger partial charge in [0.25, 0.3) is 5.91 Å². The predicted molar refractivity (Wildman–Crippen MR) is 124 cm³/mol. The second-order valence-electron chi connectivity index (χ2n) is 8.96. The van der Waals surface area contributed by atoms with E-state index in [1.54, 1.807) is 30.6 Å². The number of ether oxygens (including phenoxy) is 1. The molecule has 2 aromatic heterocycles. The van der Waals surface area contributed by atoms with Gasteiger partial charge in [-0.3, -0.25) is 14.6 Å². The molecule has 3 N–H and O–H groups in total. The van der Waals surface area contributed by atoms with Gasteiger partial charge < -0.3 is 25.3 Å². The first-order valence-electron chi connectivity index (χ1n) is 11.5. The monoisotopic (exact) mass is 460 g/mol. The molecule has 0 bridgehead atoms. The van der Waals surface area contributed by atoms with E-state index in [0.29, 0.717) is 35.2 Å². The van der Waals surface area contributed by atoms with Crippen molar-refractivity contribution in [2.24, 2.45) is 0 Å². The molecule has 0 radical (unpaired) electrons. The molecule has 2 fully saturated rings. The van der Waals surface area contributed by atoms with Crippen molar-refractivity contribution in [2.75, 3.05) is 5.32 Å². The second-order valence-corrected chi connectivity index (χ2v) is 8.96. The SMILES string of the molecule is O=C(Nc1cnccc1[C@@H]1C[C@H](O)[C@]2([O-])CCCC[C@@H]2O1)c1c[nH]cc(-c2ccccc2)c1=O. The van der Waals surface area contributed by atoms with Gasteiger partial charge in [-0.15, -0.1) is 0 Å². The highest BCUT2D eigenvalue weighted by Crippen LogP contribution is 2.43. The van der Waals surface area contributed by atoms with Crippen LogP contribution in [0.4, 0.5) is 5.69 Å². The summed E-state index contributed by atoms with van der Waals surface area (Å²) >= 11 is 0. The van der Waals surface area contributed by atoms with Gasteiger partial charge in [-0.05, 0) is 18.1 Å². The van der Waals surface area contributed by atoms with E-state index in [9.17, 15) is 19.8 Å². The quantitative estimate of drug-likeness (QED) is 0.549. The van der Waals surface area contributed by atoms with Gasteiger partial charge in [0.1, 0.15) is 5.56 Å². The third-order valence-corrected chi connectivity index (χ3v) is 6.88. The largest absolute Gasteiger partial charge is 0.846 e. The van der Waals surface area contributed by atoms with Crippen LogP contribution in [0.5, 0.6) is 0 Å². The van der Waals surface area contributed by atoms with E-state index in [0.717, 1.165) is 12.8 Å². The molecule has 176 valence electrons. The van der Waals surface area contributed by atoms with Gasteiger partial charge in [0.15, 0.2) is 0 Å². The number of carbonyl (C=O) groups excluding carboxylic acids is 1. The van der Waals surface area contributed by atoms with E-state index in [1.807, 2.05) is 18.2 Å². The van der Waals surface area contributed by atoms with Crippen LogP contribution in [-0.2, 0) is 4.74 Å². The Hall–Kier alpha value is -3.33. The van der Waals surface area contributed by atoms with Gasteiger partial charge in [-0.2, -0.15) is 0 Å². The zero-order valence-corrected chi connectivity index (χ0v) is 18.6. The molecule has 34 heavy (non-hydrogen) atoms. The van der Waals surface area contributed by atoms with E-state index in [2.05, 4.69) is 15.3 Å². The van der Waals surface area contributed by atoms with Crippen LogP contribution in [0, 0.1) is 0 Å². The normalized spacial score (nSPS) is 26.5. The summed E-state index contributed by atoms with van der Waals surface area (Å²) in [5.41, 5.74) is 0.175. The molecule has 8 nitrogen and oxygen atoms in total. The molecule has 1 aromatic carbocycles. The van der Waals surface area contributed by atoms with Crippen LogP contribution in [0.25, 0.3) is 11.1 Å². The molecule has 1 aliphatic heterocycles. The molecule has 1 saturated carbocycles. The number of hydrogen-bond acceptors (Lipinski definition) is 6. The van der Waals surface area contributed by atoms with Crippen LogP contribution in [0.2, 0.25) is 0 Å². The fourth-order valence-electron chi connectivity index (χ4n) is 5.02. The standard InChI is InChI=1S/C26H26N3O5/c30-22-12-21(34-23-8-4-5-10-26(22,23)33)17-9-11-27-15-20(17)29-25(32)19-14-28-13-18(24(19)31)16-6-2-1-3-7-16/h1-3,6-7,9,11,13-15,21-23,30H,4-5,8,10,12H2,(H,28,31)(H,29,32)/q-1/t21-,22-,23-,26+/m0/s1. The number of aromatic amines is 1. The molecule has 1 amide bonds. The average Bonchev–Trinajstić information content (AvgIpc) is 2.85. The molecular weight excluding hydrogens is 434 g/mol. The van der Waals surface area contributed by atoms with E-state index in [-0.39, 0.29) is 12.0 Å². The minimum atomic E-state index is -1.49. The molecule has 4 atom stereocenters. The summed E-state index contributed by atoms with van der Waals surface area (Å²) in [4.78, 5) is 33.1. The highest BCUT2D eigenvalue weighted by Gasteiger charge is 2.44. The summed E-state index contributed by atoms with van der Waals surface area (Å²) in [6.07, 6.45) is 6.61. The van der Waals surface area contributed by atoms with Crippen LogP contribution in [0.3, 0.4) is 0 Å². The van der Waals surface area contributed by atoms with Crippen LogP contribution in [0.1, 0.15) is 54.1 Å². The number of hydrogen-bond donors (Lipinski definition) is 3. The molecule has 1 aliphatic carbocycles. The maximum atomic E-state index is 13.2. The number of rotatable bonds is 4. The molecule has 8 heteroatoms. The van der Waals surface area contributed by atoms with Crippen molar-refractivity contribution >= 4 is 11.6 Å². The molecule has 3 heterocycles. The number of amides is 1. The highest BCUT2D eigenvalue weighted by atomic mass is 16.5. The first-order valence-corrected chi connectivity index (χ1v) is 11.5.